The molecule has 1 aliphatic heterocycles. The van der Waals surface area contributed by atoms with Crippen molar-refractivity contribution in [2.24, 2.45) is 0 Å². The van der Waals surface area contributed by atoms with Gasteiger partial charge in [0, 0.05) is 13.1 Å². The first-order valence-corrected chi connectivity index (χ1v) is 8.03. The Labute approximate surface area is 140 Å². The topological polar surface area (TPSA) is 59.8 Å². The Hall–Kier alpha value is -2.56. The molecule has 1 aromatic heterocycles. The van der Waals surface area contributed by atoms with Crippen molar-refractivity contribution in [3.63, 3.8) is 0 Å². The Morgan fingerprint density at radius 3 is 2.75 bits per heavy atom. The Kier molecular flexibility index (Phi) is 4.18. The zero-order chi connectivity index (χ0) is 17.3. The molecular formula is C19H21NO4. The van der Waals surface area contributed by atoms with Crippen molar-refractivity contribution < 1.29 is 13.9 Å². The van der Waals surface area contributed by atoms with Crippen LogP contribution < -0.4 is 5.43 Å². The lowest BCUT2D eigenvalue weighted by Gasteiger charge is -2.30. The number of amides is 1. The van der Waals surface area contributed by atoms with E-state index < -0.39 is 5.60 Å². The summed E-state index contributed by atoms with van der Waals surface area (Å²) >= 11 is 0. The molecule has 1 amide bonds. The zero-order valence-corrected chi connectivity index (χ0v) is 14.2. The van der Waals surface area contributed by atoms with Crippen molar-refractivity contribution in [1.29, 1.82) is 0 Å². The Bertz CT molecular complexity index is 858. The third kappa shape index (κ3) is 3.35. The van der Waals surface area contributed by atoms with Gasteiger partial charge in [-0.3, -0.25) is 4.79 Å². The van der Waals surface area contributed by atoms with Crippen LogP contribution in [0.3, 0.4) is 0 Å². The average Bonchev–Trinajstić information content (AvgIpc) is 2.54. The second kappa shape index (κ2) is 6.15. The Morgan fingerprint density at radius 1 is 1.25 bits per heavy atom. The summed E-state index contributed by atoms with van der Waals surface area (Å²) in [5.41, 5.74) is 1.25. The highest BCUT2D eigenvalue weighted by atomic mass is 16.6. The minimum atomic E-state index is -0.541. The second-order valence-electron chi connectivity index (χ2n) is 6.89. The van der Waals surface area contributed by atoms with Gasteiger partial charge in [-0.15, -0.1) is 0 Å². The Balaban J connectivity index is 1.88. The summed E-state index contributed by atoms with van der Waals surface area (Å²) in [6.45, 7) is 6.44. The number of hydrogen-bond donors (Lipinski definition) is 0. The van der Waals surface area contributed by atoms with Gasteiger partial charge in [0.15, 0.2) is 5.43 Å². The standard InChI is InChI=1S/C19H21NO4/c1-19(2,3)24-18(22)20-10-6-7-13(11-20)15-12-23-16-9-5-4-8-14(16)17(15)21/h4-5,7-9,12H,6,10-11H2,1-3H3. The lowest BCUT2D eigenvalue weighted by atomic mass is 10.0. The van der Waals surface area contributed by atoms with Crippen LogP contribution >= 0.6 is 0 Å². The van der Waals surface area contributed by atoms with Crippen molar-refractivity contribution in [1.82, 2.24) is 4.90 Å². The highest BCUT2D eigenvalue weighted by Crippen LogP contribution is 2.22. The maximum atomic E-state index is 12.7. The second-order valence-corrected chi connectivity index (χ2v) is 6.89. The molecule has 24 heavy (non-hydrogen) atoms. The van der Waals surface area contributed by atoms with E-state index in [0.717, 1.165) is 5.57 Å². The SMILES string of the molecule is CC(C)(C)OC(=O)N1CCC=C(c2coc3ccccc3c2=O)C1. The van der Waals surface area contributed by atoms with Crippen LogP contribution in [0.5, 0.6) is 0 Å². The van der Waals surface area contributed by atoms with E-state index in [1.54, 1.807) is 17.0 Å². The summed E-state index contributed by atoms with van der Waals surface area (Å²) in [5.74, 6) is 0. The highest BCUT2D eigenvalue weighted by molar-refractivity contribution is 5.82. The molecule has 0 aliphatic carbocycles. The van der Waals surface area contributed by atoms with Crippen LogP contribution in [0.4, 0.5) is 4.79 Å². The van der Waals surface area contributed by atoms with Gasteiger partial charge in [-0.05, 0) is 44.9 Å². The van der Waals surface area contributed by atoms with Crippen LogP contribution in [0.1, 0.15) is 32.8 Å². The molecule has 0 unspecified atom stereocenters. The molecule has 2 aromatic rings. The van der Waals surface area contributed by atoms with E-state index in [9.17, 15) is 9.59 Å². The number of fused-ring (bicyclic) bond motifs is 1. The van der Waals surface area contributed by atoms with E-state index in [-0.39, 0.29) is 11.5 Å². The molecule has 0 atom stereocenters. The van der Waals surface area contributed by atoms with Crippen LogP contribution in [0.15, 0.2) is 45.8 Å². The van der Waals surface area contributed by atoms with Crippen LogP contribution in [0.25, 0.3) is 16.5 Å². The quantitative estimate of drug-likeness (QED) is 0.799. The summed E-state index contributed by atoms with van der Waals surface area (Å²) in [4.78, 5) is 26.6. The summed E-state index contributed by atoms with van der Waals surface area (Å²) in [5, 5.41) is 0.547. The third-order valence-electron chi connectivity index (χ3n) is 3.83. The van der Waals surface area contributed by atoms with E-state index in [1.807, 2.05) is 39.0 Å². The number of carbonyl (C=O) groups is 1. The number of ether oxygens (including phenoxy) is 1. The van der Waals surface area contributed by atoms with Gasteiger partial charge in [0.2, 0.25) is 0 Å². The maximum absolute atomic E-state index is 12.7. The predicted molar refractivity (Wildman–Crippen MR) is 92.9 cm³/mol. The van der Waals surface area contributed by atoms with Crippen LogP contribution in [-0.2, 0) is 4.74 Å². The molecule has 0 radical (unpaired) electrons. The zero-order valence-electron chi connectivity index (χ0n) is 14.2. The fourth-order valence-corrected chi connectivity index (χ4v) is 2.72. The van der Waals surface area contributed by atoms with Crippen molar-refractivity contribution in [2.75, 3.05) is 13.1 Å². The average molecular weight is 327 g/mol. The van der Waals surface area contributed by atoms with Gasteiger partial charge < -0.3 is 14.1 Å². The molecule has 3 rings (SSSR count). The number of nitrogens with zero attached hydrogens (tertiary/aromatic N) is 1. The van der Waals surface area contributed by atoms with E-state index in [2.05, 4.69) is 0 Å². The summed E-state index contributed by atoms with van der Waals surface area (Å²) in [7, 11) is 0. The van der Waals surface area contributed by atoms with Gasteiger partial charge in [0.05, 0.1) is 10.9 Å². The number of carbonyl (C=O) groups excluding carboxylic acids is 1. The summed E-state index contributed by atoms with van der Waals surface area (Å²) < 4.78 is 11.0. The molecule has 0 N–H and O–H groups in total. The van der Waals surface area contributed by atoms with Gasteiger partial charge in [0.1, 0.15) is 17.4 Å². The molecule has 1 aliphatic rings. The maximum Gasteiger partial charge on any atom is 0.410 e. The minimum absolute atomic E-state index is 0.0749. The minimum Gasteiger partial charge on any atom is -0.463 e. The summed E-state index contributed by atoms with van der Waals surface area (Å²) in [6, 6.07) is 7.16. The first kappa shape index (κ1) is 16.3. The molecule has 0 saturated carbocycles. The van der Waals surface area contributed by atoms with Crippen molar-refractivity contribution >= 4 is 22.6 Å². The molecule has 5 heteroatoms. The fraction of sp³-hybridized carbons (Fsp3) is 0.368. The van der Waals surface area contributed by atoms with Gasteiger partial charge in [-0.1, -0.05) is 18.2 Å². The number of benzene rings is 1. The van der Waals surface area contributed by atoms with Crippen molar-refractivity contribution in [3.05, 3.63) is 52.4 Å². The van der Waals surface area contributed by atoms with Gasteiger partial charge in [0.25, 0.3) is 0 Å². The Morgan fingerprint density at radius 2 is 2.00 bits per heavy atom. The van der Waals surface area contributed by atoms with Crippen LogP contribution in [-0.4, -0.2) is 29.7 Å². The largest absolute Gasteiger partial charge is 0.463 e. The molecule has 126 valence electrons. The molecule has 0 fully saturated rings. The fourth-order valence-electron chi connectivity index (χ4n) is 2.72. The highest BCUT2D eigenvalue weighted by Gasteiger charge is 2.25. The van der Waals surface area contributed by atoms with Gasteiger partial charge >= 0.3 is 6.09 Å². The number of hydrogen-bond acceptors (Lipinski definition) is 4. The van der Waals surface area contributed by atoms with E-state index >= 15 is 0 Å². The summed E-state index contributed by atoms with van der Waals surface area (Å²) in [6.07, 6.45) is 3.79. The molecule has 2 heterocycles. The monoisotopic (exact) mass is 327 g/mol. The molecule has 1 aromatic carbocycles. The first-order valence-electron chi connectivity index (χ1n) is 8.03. The smallest absolute Gasteiger partial charge is 0.410 e. The van der Waals surface area contributed by atoms with Crippen LogP contribution in [0, 0.1) is 0 Å². The lowest BCUT2D eigenvalue weighted by molar-refractivity contribution is 0.0273. The molecule has 0 spiro atoms. The van der Waals surface area contributed by atoms with Gasteiger partial charge in [-0.25, -0.2) is 4.79 Å². The molecule has 0 bridgehead atoms. The number of rotatable bonds is 1. The van der Waals surface area contributed by atoms with Crippen molar-refractivity contribution in [3.8, 4) is 0 Å². The van der Waals surface area contributed by atoms with Crippen molar-refractivity contribution in [2.45, 2.75) is 32.8 Å². The lowest BCUT2D eigenvalue weighted by Crippen LogP contribution is -2.40. The normalized spacial score (nSPS) is 15.3. The predicted octanol–water partition coefficient (Wildman–Crippen LogP) is 3.82. The molecular weight excluding hydrogens is 306 g/mol. The van der Waals surface area contributed by atoms with E-state index in [1.165, 1.54) is 6.26 Å². The third-order valence-corrected chi connectivity index (χ3v) is 3.83. The van der Waals surface area contributed by atoms with Crippen LogP contribution in [0.2, 0.25) is 0 Å². The van der Waals surface area contributed by atoms with E-state index in [4.69, 9.17) is 9.15 Å². The van der Waals surface area contributed by atoms with Gasteiger partial charge in [-0.2, -0.15) is 0 Å². The first-order chi connectivity index (χ1) is 11.3. The molecule has 5 nitrogen and oxygen atoms in total. The van der Waals surface area contributed by atoms with E-state index in [0.29, 0.717) is 36.0 Å². The number of para-hydroxylation sites is 1. The molecule has 0 saturated heterocycles.